The van der Waals surface area contributed by atoms with E-state index in [0.29, 0.717) is 24.6 Å². The van der Waals surface area contributed by atoms with Crippen LogP contribution in [0, 0.1) is 5.92 Å². The van der Waals surface area contributed by atoms with E-state index >= 15 is 0 Å². The second kappa shape index (κ2) is 7.93. The molecule has 142 valence electrons. The Morgan fingerprint density at radius 1 is 1.38 bits per heavy atom. The average Bonchev–Trinajstić information content (AvgIpc) is 3.05. The summed E-state index contributed by atoms with van der Waals surface area (Å²) in [7, 11) is -0.411. The minimum Gasteiger partial charge on any atom is -0.481 e. The van der Waals surface area contributed by atoms with E-state index in [1.165, 1.54) is 41.5 Å². The third-order valence-electron chi connectivity index (χ3n) is 4.40. The Morgan fingerprint density at radius 3 is 2.77 bits per heavy atom. The number of hydrogen-bond acceptors (Lipinski definition) is 6. The van der Waals surface area contributed by atoms with Gasteiger partial charge in [-0.1, -0.05) is 11.8 Å². The zero-order chi connectivity index (χ0) is 18.7. The van der Waals surface area contributed by atoms with Crippen molar-refractivity contribution in [3.8, 4) is 5.88 Å². The molecule has 1 aliphatic heterocycles. The number of piperidine rings is 1. The predicted molar refractivity (Wildman–Crippen MR) is 96.5 cm³/mol. The highest BCUT2D eigenvalue weighted by atomic mass is 32.2. The summed E-state index contributed by atoms with van der Waals surface area (Å²) in [4.78, 5) is 8.18. The number of nitrogens with zero attached hydrogens (tertiary/aromatic N) is 4. The van der Waals surface area contributed by atoms with Crippen molar-refractivity contribution >= 4 is 21.8 Å². The fourth-order valence-electron chi connectivity index (χ4n) is 2.79. The molecule has 0 saturated carbocycles. The van der Waals surface area contributed by atoms with Crippen LogP contribution >= 0.6 is 11.8 Å². The summed E-state index contributed by atoms with van der Waals surface area (Å²) in [6.07, 6.45) is 4.05. The molecule has 0 bridgehead atoms. The SMILES string of the molecule is COc1ccc(S(=O)(=O)N2CC[C@@H](CSc3nccn3C)[C@H](F)C2)cn1. The lowest BCUT2D eigenvalue weighted by Gasteiger charge is -2.33. The third kappa shape index (κ3) is 4.02. The Bertz CT molecular complexity index is 841. The van der Waals surface area contributed by atoms with Gasteiger partial charge < -0.3 is 9.30 Å². The van der Waals surface area contributed by atoms with Crippen molar-refractivity contribution in [3.63, 3.8) is 0 Å². The number of halogens is 1. The second-order valence-corrected chi connectivity index (χ2v) is 9.02. The van der Waals surface area contributed by atoms with Crippen molar-refractivity contribution < 1.29 is 17.5 Å². The molecule has 1 saturated heterocycles. The normalized spacial score (nSPS) is 21.7. The average molecular weight is 401 g/mol. The minimum absolute atomic E-state index is 0.0475. The van der Waals surface area contributed by atoms with E-state index in [1.807, 2.05) is 17.8 Å². The van der Waals surface area contributed by atoms with Gasteiger partial charge in [-0.2, -0.15) is 4.31 Å². The quantitative estimate of drug-likeness (QED) is 0.690. The molecule has 0 spiro atoms. The number of sulfonamides is 1. The topological polar surface area (TPSA) is 77.3 Å². The summed E-state index contributed by atoms with van der Waals surface area (Å²) in [6, 6.07) is 2.91. The molecule has 26 heavy (non-hydrogen) atoms. The van der Waals surface area contributed by atoms with Crippen LogP contribution in [0.25, 0.3) is 0 Å². The number of hydrogen-bond donors (Lipinski definition) is 0. The molecule has 1 aliphatic rings. The van der Waals surface area contributed by atoms with Crippen molar-refractivity contribution in [3.05, 3.63) is 30.7 Å². The van der Waals surface area contributed by atoms with Gasteiger partial charge in [-0.05, 0) is 12.5 Å². The van der Waals surface area contributed by atoms with Crippen LogP contribution in [0.5, 0.6) is 5.88 Å². The van der Waals surface area contributed by atoms with Gasteiger partial charge in [0.1, 0.15) is 11.1 Å². The Kier molecular flexibility index (Phi) is 5.83. The van der Waals surface area contributed by atoms with Gasteiger partial charge in [0.25, 0.3) is 0 Å². The first-order valence-corrected chi connectivity index (χ1v) is 10.6. The lowest BCUT2D eigenvalue weighted by atomic mass is 9.98. The van der Waals surface area contributed by atoms with E-state index < -0.39 is 16.2 Å². The molecule has 1 fully saturated rings. The number of ether oxygens (including phenoxy) is 1. The highest BCUT2D eigenvalue weighted by Gasteiger charge is 2.36. The molecule has 2 aromatic heterocycles. The van der Waals surface area contributed by atoms with E-state index in [4.69, 9.17) is 4.74 Å². The fraction of sp³-hybridized carbons (Fsp3) is 0.500. The van der Waals surface area contributed by atoms with Gasteiger partial charge in [0.15, 0.2) is 5.16 Å². The summed E-state index contributed by atoms with van der Waals surface area (Å²) in [5.74, 6) is 0.707. The molecule has 2 aromatic rings. The minimum atomic E-state index is -3.76. The third-order valence-corrected chi connectivity index (χ3v) is 7.49. The molecule has 3 rings (SSSR count). The Labute approximate surface area is 156 Å². The Balaban J connectivity index is 1.62. The van der Waals surface area contributed by atoms with Crippen molar-refractivity contribution in [2.24, 2.45) is 13.0 Å². The number of aromatic nitrogens is 3. The standard InChI is InChI=1S/C16H21FN4O3S2/c1-20-8-6-18-16(20)25-11-12-5-7-21(10-14(12)17)26(22,23)13-3-4-15(24-2)19-9-13/h3-4,6,8-9,12,14H,5,7,10-11H2,1-2H3/t12-,14+/m0/s1. The molecule has 0 amide bonds. The van der Waals surface area contributed by atoms with Crippen LogP contribution in [0.4, 0.5) is 4.39 Å². The largest absolute Gasteiger partial charge is 0.481 e. The van der Waals surface area contributed by atoms with Crippen molar-refractivity contribution in [2.75, 3.05) is 26.0 Å². The van der Waals surface area contributed by atoms with Crippen LogP contribution in [0.3, 0.4) is 0 Å². The maximum atomic E-state index is 14.6. The molecule has 7 nitrogen and oxygen atoms in total. The Hall–Kier alpha value is -1.65. The molecular formula is C16H21FN4O3S2. The number of alkyl halides is 1. The highest BCUT2D eigenvalue weighted by Crippen LogP contribution is 2.30. The van der Waals surface area contributed by atoms with Crippen molar-refractivity contribution in [1.29, 1.82) is 0 Å². The molecule has 3 heterocycles. The zero-order valence-corrected chi connectivity index (χ0v) is 16.2. The molecule has 0 radical (unpaired) electrons. The lowest BCUT2D eigenvalue weighted by Crippen LogP contribution is -2.45. The van der Waals surface area contributed by atoms with Gasteiger partial charge >= 0.3 is 0 Å². The molecule has 0 aromatic carbocycles. The van der Waals surface area contributed by atoms with Gasteiger partial charge in [-0.25, -0.2) is 22.8 Å². The lowest BCUT2D eigenvalue weighted by molar-refractivity contribution is 0.146. The van der Waals surface area contributed by atoms with Gasteiger partial charge in [-0.3, -0.25) is 0 Å². The van der Waals surface area contributed by atoms with E-state index in [2.05, 4.69) is 9.97 Å². The number of rotatable bonds is 6. The van der Waals surface area contributed by atoms with Crippen LogP contribution in [0.1, 0.15) is 6.42 Å². The summed E-state index contributed by atoms with van der Waals surface area (Å²) >= 11 is 1.49. The molecule has 2 atom stereocenters. The van der Waals surface area contributed by atoms with Crippen molar-refractivity contribution in [2.45, 2.75) is 22.6 Å². The van der Waals surface area contributed by atoms with Gasteiger partial charge in [-0.15, -0.1) is 0 Å². The Morgan fingerprint density at radius 2 is 2.19 bits per heavy atom. The van der Waals surface area contributed by atoms with Gasteiger partial charge in [0.05, 0.1) is 13.3 Å². The van der Waals surface area contributed by atoms with Gasteiger partial charge in [0.2, 0.25) is 15.9 Å². The molecule has 0 N–H and O–H groups in total. The molecule has 10 heteroatoms. The first-order valence-electron chi connectivity index (χ1n) is 8.16. The number of imidazole rings is 1. The maximum Gasteiger partial charge on any atom is 0.244 e. The highest BCUT2D eigenvalue weighted by molar-refractivity contribution is 7.99. The van der Waals surface area contributed by atoms with Gasteiger partial charge in [0, 0.05) is 50.3 Å². The van der Waals surface area contributed by atoms with E-state index in [0.717, 1.165) is 5.16 Å². The summed E-state index contributed by atoms with van der Waals surface area (Å²) in [6.45, 7) is 0.154. The monoisotopic (exact) mass is 400 g/mol. The van der Waals surface area contributed by atoms with Crippen LogP contribution in [0.15, 0.2) is 40.8 Å². The predicted octanol–water partition coefficient (Wildman–Crippen LogP) is 1.96. The fourth-order valence-corrected chi connectivity index (χ4v) is 5.34. The molecule has 0 unspecified atom stereocenters. The smallest absolute Gasteiger partial charge is 0.244 e. The number of thioether (sulfide) groups is 1. The molecular weight excluding hydrogens is 379 g/mol. The first kappa shape index (κ1) is 19.1. The van der Waals surface area contributed by atoms with Crippen LogP contribution in [-0.4, -0.2) is 59.4 Å². The van der Waals surface area contributed by atoms with Crippen LogP contribution in [-0.2, 0) is 17.1 Å². The summed E-state index contributed by atoms with van der Waals surface area (Å²) < 4.78 is 48.0. The number of methoxy groups -OCH3 is 1. The second-order valence-electron chi connectivity index (χ2n) is 6.10. The summed E-state index contributed by atoms with van der Waals surface area (Å²) in [5.41, 5.74) is 0. The summed E-state index contributed by atoms with van der Waals surface area (Å²) in [5, 5.41) is 0.830. The van der Waals surface area contributed by atoms with Crippen LogP contribution in [0.2, 0.25) is 0 Å². The maximum absolute atomic E-state index is 14.6. The van der Waals surface area contributed by atoms with E-state index in [1.54, 1.807) is 6.20 Å². The van der Waals surface area contributed by atoms with E-state index in [-0.39, 0.29) is 17.4 Å². The van der Waals surface area contributed by atoms with Crippen LogP contribution < -0.4 is 4.74 Å². The number of pyridine rings is 1. The van der Waals surface area contributed by atoms with E-state index in [9.17, 15) is 12.8 Å². The first-order chi connectivity index (χ1) is 12.4. The number of aryl methyl sites for hydroxylation is 1. The van der Waals surface area contributed by atoms with Crippen molar-refractivity contribution in [1.82, 2.24) is 18.8 Å². The molecule has 0 aliphatic carbocycles. The zero-order valence-electron chi connectivity index (χ0n) is 14.6.